The van der Waals surface area contributed by atoms with Gasteiger partial charge in [-0.3, -0.25) is 14.5 Å². The summed E-state index contributed by atoms with van der Waals surface area (Å²) in [7, 11) is 1.56. The summed E-state index contributed by atoms with van der Waals surface area (Å²) < 4.78 is 11.0. The molecule has 7 nitrogen and oxygen atoms in total. The van der Waals surface area contributed by atoms with Crippen LogP contribution in [-0.4, -0.2) is 55.7 Å². The Bertz CT molecular complexity index is 859. The fraction of sp³-hybridized carbons (Fsp3) is 0.391. The highest BCUT2D eigenvalue weighted by molar-refractivity contribution is 6.05. The van der Waals surface area contributed by atoms with Crippen molar-refractivity contribution in [2.75, 3.05) is 37.4 Å². The summed E-state index contributed by atoms with van der Waals surface area (Å²) in [6, 6.07) is 14.1. The van der Waals surface area contributed by atoms with Crippen molar-refractivity contribution >= 4 is 23.2 Å². The van der Waals surface area contributed by atoms with E-state index < -0.39 is 0 Å². The lowest BCUT2D eigenvalue weighted by Crippen LogP contribution is -2.46. The van der Waals surface area contributed by atoms with Gasteiger partial charge in [0, 0.05) is 37.3 Å². The Hall–Kier alpha value is -2.90. The number of hydrogen-bond acceptors (Lipinski definition) is 5. The third-order valence-electron chi connectivity index (χ3n) is 4.94. The summed E-state index contributed by atoms with van der Waals surface area (Å²) in [5.41, 5.74) is 1.77. The smallest absolute Gasteiger partial charge is 0.255 e. The first kappa shape index (κ1) is 21.8. The number of benzene rings is 2. The average Bonchev–Trinajstić information content (AvgIpc) is 2.72. The molecule has 0 bridgehead atoms. The van der Waals surface area contributed by atoms with Crippen molar-refractivity contribution < 1.29 is 19.1 Å². The molecule has 3 rings (SSSR count). The summed E-state index contributed by atoms with van der Waals surface area (Å²) in [5.74, 6) is 0.305. The van der Waals surface area contributed by atoms with Crippen molar-refractivity contribution in [3.05, 3.63) is 54.1 Å². The number of methoxy groups -OCH3 is 1. The monoisotopic (exact) mass is 411 g/mol. The molecule has 2 aromatic carbocycles. The predicted octanol–water partition coefficient (Wildman–Crippen LogP) is 3.39. The minimum absolute atomic E-state index is 0.0481. The summed E-state index contributed by atoms with van der Waals surface area (Å²) in [5, 5.41) is 5.72. The molecule has 2 atom stereocenters. The maximum Gasteiger partial charge on any atom is 0.255 e. The second-order valence-corrected chi connectivity index (χ2v) is 7.55. The number of nitrogens with one attached hydrogen (secondary N) is 2. The number of ether oxygens (including phenoxy) is 2. The van der Waals surface area contributed by atoms with E-state index in [2.05, 4.69) is 15.5 Å². The maximum absolute atomic E-state index is 12.5. The van der Waals surface area contributed by atoms with Gasteiger partial charge in [-0.25, -0.2) is 0 Å². The summed E-state index contributed by atoms with van der Waals surface area (Å²) in [4.78, 5) is 27.0. The molecule has 1 fully saturated rings. The van der Waals surface area contributed by atoms with Gasteiger partial charge in [0.05, 0.1) is 25.0 Å². The van der Waals surface area contributed by atoms with E-state index in [0.717, 1.165) is 13.1 Å². The standard InChI is InChI=1S/C23H29N3O4/c1-16-14-26(15-17(2)30-16)13-12-22(27)24-19-10-8-18(9-11-19)23(28)25-20-6-4-5-7-21(20)29-3/h4-11,16-17H,12-15H2,1-3H3,(H,24,27)(H,25,28). The van der Waals surface area contributed by atoms with Crippen LogP contribution in [0.15, 0.2) is 48.5 Å². The van der Waals surface area contributed by atoms with E-state index in [-0.39, 0.29) is 24.0 Å². The van der Waals surface area contributed by atoms with E-state index in [1.165, 1.54) is 0 Å². The van der Waals surface area contributed by atoms with Crippen molar-refractivity contribution in [3.63, 3.8) is 0 Å². The van der Waals surface area contributed by atoms with Crippen molar-refractivity contribution in [2.45, 2.75) is 32.5 Å². The lowest BCUT2D eigenvalue weighted by molar-refractivity contribution is -0.117. The Balaban J connectivity index is 1.50. The molecule has 1 aliphatic rings. The van der Waals surface area contributed by atoms with Crippen LogP contribution in [-0.2, 0) is 9.53 Å². The molecule has 0 saturated carbocycles. The molecule has 7 heteroatoms. The van der Waals surface area contributed by atoms with E-state index >= 15 is 0 Å². The lowest BCUT2D eigenvalue weighted by Gasteiger charge is -2.35. The van der Waals surface area contributed by atoms with Crippen molar-refractivity contribution in [2.24, 2.45) is 0 Å². The van der Waals surface area contributed by atoms with E-state index in [1.54, 1.807) is 43.5 Å². The van der Waals surface area contributed by atoms with Gasteiger partial charge in [0.1, 0.15) is 5.75 Å². The van der Waals surface area contributed by atoms with Gasteiger partial charge in [-0.15, -0.1) is 0 Å². The van der Waals surface area contributed by atoms with Crippen molar-refractivity contribution in [1.29, 1.82) is 0 Å². The van der Waals surface area contributed by atoms with E-state index in [4.69, 9.17) is 9.47 Å². The number of nitrogens with zero attached hydrogens (tertiary/aromatic N) is 1. The summed E-state index contributed by atoms with van der Waals surface area (Å²) in [6.07, 6.45) is 0.785. The molecule has 2 N–H and O–H groups in total. The third-order valence-corrected chi connectivity index (χ3v) is 4.94. The molecule has 2 amide bonds. The highest BCUT2D eigenvalue weighted by Crippen LogP contribution is 2.24. The van der Waals surface area contributed by atoms with E-state index in [0.29, 0.717) is 35.7 Å². The fourth-order valence-electron chi connectivity index (χ4n) is 3.60. The summed E-state index contributed by atoms with van der Waals surface area (Å²) in [6.45, 7) is 6.48. The molecule has 2 aromatic rings. The Labute approximate surface area is 177 Å². The lowest BCUT2D eigenvalue weighted by atomic mass is 10.1. The van der Waals surface area contributed by atoms with Crippen LogP contribution < -0.4 is 15.4 Å². The van der Waals surface area contributed by atoms with Crippen LogP contribution in [0.4, 0.5) is 11.4 Å². The number of rotatable bonds is 7. The van der Waals surface area contributed by atoms with Crippen LogP contribution in [0.1, 0.15) is 30.6 Å². The van der Waals surface area contributed by atoms with Crippen LogP contribution in [0, 0.1) is 0 Å². The SMILES string of the molecule is COc1ccccc1NC(=O)c1ccc(NC(=O)CCN2CC(C)OC(C)C2)cc1. The number of carbonyl (C=O) groups is 2. The Morgan fingerprint density at radius 2 is 1.70 bits per heavy atom. The zero-order valence-corrected chi connectivity index (χ0v) is 17.7. The average molecular weight is 412 g/mol. The van der Waals surface area contributed by atoms with Gasteiger partial charge in [-0.1, -0.05) is 12.1 Å². The molecular weight excluding hydrogens is 382 g/mol. The van der Waals surface area contributed by atoms with Gasteiger partial charge < -0.3 is 20.1 Å². The van der Waals surface area contributed by atoms with Gasteiger partial charge in [0.25, 0.3) is 5.91 Å². The molecule has 1 saturated heterocycles. The van der Waals surface area contributed by atoms with Crippen LogP contribution >= 0.6 is 0 Å². The topological polar surface area (TPSA) is 79.9 Å². The van der Waals surface area contributed by atoms with Gasteiger partial charge >= 0.3 is 0 Å². The number of hydrogen-bond donors (Lipinski definition) is 2. The van der Waals surface area contributed by atoms with E-state index in [9.17, 15) is 9.59 Å². The van der Waals surface area contributed by atoms with Crippen LogP contribution in [0.25, 0.3) is 0 Å². The highest BCUT2D eigenvalue weighted by Gasteiger charge is 2.22. The van der Waals surface area contributed by atoms with E-state index in [1.807, 2.05) is 26.0 Å². The van der Waals surface area contributed by atoms with Gasteiger partial charge in [0.15, 0.2) is 0 Å². The minimum Gasteiger partial charge on any atom is -0.495 e. The first-order chi connectivity index (χ1) is 14.4. The Morgan fingerprint density at radius 1 is 1.03 bits per heavy atom. The van der Waals surface area contributed by atoms with Gasteiger partial charge in [0.2, 0.25) is 5.91 Å². The number of anilines is 2. The highest BCUT2D eigenvalue weighted by atomic mass is 16.5. The molecule has 0 aromatic heterocycles. The quantitative estimate of drug-likeness (QED) is 0.730. The van der Waals surface area contributed by atoms with Crippen LogP contribution in [0.3, 0.4) is 0 Å². The van der Waals surface area contributed by atoms with Crippen molar-refractivity contribution in [3.8, 4) is 5.75 Å². The molecule has 30 heavy (non-hydrogen) atoms. The number of amides is 2. The van der Waals surface area contributed by atoms with Gasteiger partial charge in [-0.2, -0.15) is 0 Å². The zero-order chi connectivity index (χ0) is 21.5. The molecule has 0 aliphatic carbocycles. The fourth-order valence-corrected chi connectivity index (χ4v) is 3.60. The molecule has 0 radical (unpaired) electrons. The first-order valence-electron chi connectivity index (χ1n) is 10.2. The van der Waals surface area contributed by atoms with Crippen LogP contribution in [0.5, 0.6) is 5.75 Å². The minimum atomic E-state index is -0.243. The predicted molar refractivity (Wildman–Crippen MR) is 117 cm³/mol. The number of morpholine rings is 1. The number of para-hydroxylation sites is 2. The van der Waals surface area contributed by atoms with Gasteiger partial charge in [-0.05, 0) is 50.2 Å². The van der Waals surface area contributed by atoms with Crippen LogP contribution in [0.2, 0.25) is 0 Å². The molecule has 0 spiro atoms. The second-order valence-electron chi connectivity index (χ2n) is 7.55. The zero-order valence-electron chi connectivity index (χ0n) is 17.7. The molecule has 1 heterocycles. The molecule has 2 unspecified atom stereocenters. The molecule has 1 aliphatic heterocycles. The van der Waals surface area contributed by atoms with Crippen molar-refractivity contribution in [1.82, 2.24) is 4.90 Å². The Kier molecular flexibility index (Phi) is 7.43. The largest absolute Gasteiger partial charge is 0.495 e. The molecular formula is C23H29N3O4. The summed E-state index contributed by atoms with van der Waals surface area (Å²) >= 11 is 0. The normalized spacial score (nSPS) is 19.2. The first-order valence-corrected chi connectivity index (χ1v) is 10.2. The molecule has 160 valence electrons. The maximum atomic E-state index is 12.5. The number of carbonyl (C=O) groups excluding carboxylic acids is 2. The second kappa shape index (κ2) is 10.2. The third kappa shape index (κ3) is 6.05. The Morgan fingerprint density at radius 3 is 2.37 bits per heavy atom.